The molecule has 0 saturated carbocycles. The van der Waals surface area contributed by atoms with Crippen molar-refractivity contribution in [3.8, 4) is 5.75 Å². The highest BCUT2D eigenvalue weighted by molar-refractivity contribution is 7.92. The zero-order valence-corrected chi connectivity index (χ0v) is 23.3. The van der Waals surface area contributed by atoms with Gasteiger partial charge in [-0.25, -0.2) is 8.42 Å². The van der Waals surface area contributed by atoms with Crippen molar-refractivity contribution in [3.63, 3.8) is 0 Å². The molecule has 10 heteroatoms. The van der Waals surface area contributed by atoms with Crippen molar-refractivity contribution in [2.45, 2.75) is 59.2 Å². The van der Waals surface area contributed by atoms with Crippen LogP contribution in [0.4, 0.5) is 5.69 Å². The van der Waals surface area contributed by atoms with Crippen molar-refractivity contribution >= 4 is 39.1 Å². The Hall–Kier alpha value is -2.78. The lowest BCUT2D eigenvalue weighted by Gasteiger charge is -2.34. The molecule has 0 aliphatic rings. The molecule has 2 aromatic carbocycles. The van der Waals surface area contributed by atoms with Crippen LogP contribution in [0.2, 0.25) is 5.02 Å². The SMILES string of the molecule is CCOc1ccc(N(CC(=O)N(Cc2ccccc2Cl)[C@H](CC)C(=O)NC(C)(C)C)S(C)(=O)=O)cc1. The minimum absolute atomic E-state index is 0.0510. The van der Waals surface area contributed by atoms with E-state index in [0.29, 0.717) is 35.1 Å². The monoisotopic (exact) mass is 537 g/mol. The second-order valence-electron chi connectivity index (χ2n) is 9.47. The van der Waals surface area contributed by atoms with Gasteiger partial charge in [-0.2, -0.15) is 0 Å². The number of hydrogen-bond donors (Lipinski definition) is 1. The molecule has 0 fully saturated rings. The lowest BCUT2D eigenvalue weighted by atomic mass is 10.1. The van der Waals surface area contributed by atoms with Crippen LogP contribution in [0.1, 0.15) is 46.6 Å². The number of sulfonamides is 1. The lowest BCUT2D eigenvalue weighted by molar-refractivity contribution is -0.141. The average molecular weight is 538 g/mol. The van der Waals surface area contributed by atoms with E-state index in [1.807, 2.05) is 27.7 Å². The summed E-state index contributed by atoms with van der Waals surface area (Å²) in [4.78, 5) is 28.3. The van der Waals surface area contributed by atoms with Crippen LogP contribution < -0.4 is 14.4 Å². The van der Waals surface area contributed by atoms with Crippen LogP contribution in [0.25, 0.3) is 0 Å². The molecule has 36 heavy (non-hydrogen) atoms. The summed E-state index contributed by atoms with van der Waals surface area (Å²) in [5.41, 5.74) is 0.464. The van der Waals surface area contributed by atoms with Crippen LogP contribution >= 0.6 is 11.6 Å². The van der Waals surface area contributed by atoms with Crippen LogP contribution in [-0.2, 0) is 26.2 Å². The topological polar surface area (TPSA) is 96.0 Å². The molecular weight excluding hydrogens is 502 g/mol. The third-order valence-electron chi connectivity index (χ3n) is 5.30. The van der Waals surface area contributed by atoms with E-state index in [2.05, 4.69) is 5.32 Å². The summed E-state index contributed by atoms with van der Waals surface area (Å²) >= 11 is 6.36. The highest BCUT2D eigenvalue weighted by atomic mass is 35.5. The molecule has 0 radical (unpaired) electrons. The van der Waals surface area contributed by atoms with Crippen molar-refractivity contribution in [1.29, 1.82) is 0 Å². The van der Waals surface area contributed by atoms with Crippen molar-refractivity contribution in [2.24, 2.45) is 0 Å². The van der Waals surface area contributed by atoms with Crippen LogP contribution in [0.15, 0.2) is 48.5 Å². The number of hydrogen-bond acceptors (Lipinski definition) is 5. The third kappa shape index (κ3) is 8.41. The number of benzene rings is 2. The minimum Gasteiger partial charge on any atom is -0.494 e. The van der Waals surface area contributed by atoms with Gasteiger partial charge in [-0.05, 0) is 70.0 Å². The minimum atomic E-state index is -3.82. The third-order valence-corrected chi connectivity index (χ3v) is 6.81. The molecule has 198 valence electrons. The molecule has 2 rings (SSSR count). The second kappa shape index (κ2) is 12.5. The summed E-state index contributed by atoms with van der Waals surface area (Å²) in [5, 5.41) is 3.38. The quantitative estimate of drug-likeness (QED) is 0.463. The molecule has 2 aromatic rings. The average Bonchev–Trinajstić information content (AvgIpc) is 2.77. The van der Waals surface area contributed by atoms with Gasteiger partial charge in [0.1, 0.15) is 18.3 Å². The summed E-state index contributed by atoms with van der Waals surface area (Å²) in [6, 6.07) is 12.7. The lowest BCUT2D eigenvalue weighted by Crippen LogP contribution is -2.55. The number of ether oxygens (including phenoxy) is 1. The normalized spacial score (nSPS) is 12.5. The Morgan fingerprint density at radius 3 is 2.17 bits per heavy atom. The maximum Gasteiger partial charge on any atom is 0.244 e. The fraction of sp³-hybridized carbons (Fsp3) is 0.462. The van der Waals surface area contributed by atoms with E-state index in [1.165, 1.54) is 4.90 Å². The maximum absolute atomic E-state index is 13.7. The van der Waals surface area contributed by atoms with Crippen LogP contribution in [0.5, 0.6) is 5.75 Å². The number of carbonyl (C=O) groups excluding carboxylic acids is 2. The molecule has 0 unspecified atom stereocenters. The summed E-state index contributed by atoms with van der Waals surface area (Å²) in [6.45, 7) is 9.27. The number of amides is 2. The van der Waals surface area contributed by atoms with E-state index < -0.39 is 34.1 Å². The van der Waals surface area contributed by atoms with Gasteiger partial charge in [0.05, 0.1) is 18.6 Å². The van der Waals surface area contributed by atoms with Gasteiger partial charge in [-0.3, -0.25) is 13.9 Å². The van der Waals surface area contributed by atoms with E-state index >= 15 is 0 Å². The molecule has 0 aliphatic carbocycles. The van der Waals surface area contributed by atoms with Gasteiger partial charge in [0.25, 0.3) is 0 Å². The Labute approximate surface area is 219 Å². The van der Waals surface area contributed by atoms with Crippen LogP contribution in [-0.4, -0.2) is 56.1 Å². The smallest absolute Gasteiger partial charge is 0.244 e. The number of rotatable bonds is 11. The summed E-state index contributed by atoms with van der Waals surface area (Å²) in [7, 11) is -3.82. The molecular formula is C26H36ClN3O5S. The Morgan fingerprint density at radius 1 is 1.06 bits per heavy atom. The predicted molar refractivity (Wildman–Crippen MR) is 144 cm³/mol. The van der Waals surface area contributed by atoms with Crippen molar-refractivity contribution in [1.82, 2.24) is 10.2 Å². The van der Waals surface area contributed by atoms with Gasteiger partial charge in [0, 0.05) is 17.1 Å². The Balaban J connectivity index is 2.45. The Kier molecular flexibility index (Phi) is 10.2. The first-order valence-electron chi connectivity index (χ1n) is 11.8. The van der Waals surface area contributed by atoms with E-state index in [9.17, 15) is 18.0 Å². The molecule has 0 heterocycles. The number of anilines is 1. The fourth-order valence-electron chi connectivity index (χ4n) is 3.67. The van der Waals surface area contributed by atoms with Gasteiger partial charge in [0.15, 0.2) is 0 Å². The molecule has 0 aromatic heterocycles. The molecule has 0 aliphatic heterocycles. The summed E-state index contributed by atoms with van der Waals surface area (Å²) < 4.78 is 31.9. The first-order chi connectivity index (χ1) is 16.8. The van der Waals surface area contributed by atoms with Gasteiger partial charge in [-0.15, -0.1) is 0 Å². The second-order valence-corrected chi connectivity index (χ2v) is 11.8. The largest absolute Gasteiger partial charge is 0.494 e. The summed E-state index contributed by atoms with van der Waals surface area (Å²) in [5.74, 6) is -0.256. The Morgan fingerprint density at radius 2 is 1.67 bits per heavy atom. The maximum atomic E-state index is 13.7. The van der Waals surface area contributed by atoms with Crippen molar-refractivity contribution in [2.75, 3.05) is 23.7 Å². The molecule has 2 amide bonds. The zero-order chi connectivity index (χ0) is 27.1. The van der Waals surface area contributed by atoms with Gasteiger partial charge < -0.3 is 15.0 Å². The van der Waals surface area contributed by atoms with E-state index in [4.69, 9.17) is 16.3 Å². The first kappa shape index (κ1) is 29.5. The zero-order valence-electron chi connectivity index (χ0n) is 21.7. The first-order valence-corrected chi connectivity index (χ1v) is 14.0. The number of halogens is 1. The number of nitrogens with zero attached hydrogens (tertiary/aromatic N) is 2. The van der Waals surface area contributed by atoms with Gasteiger partial charge >= 0.3 is 0 Å². The summed E-state index contributed by atoms with van der Waals surface area (Å²) in [6.07, 6.45) is 1.37. The molecule has 0 spiro atoms. The van der Waals surface area contributed by atoms with E-state index in [0.717, 1.165) is 10.6 Å². The number of nitrogens with one attached hydrogen (secondary N) is 1. The van der Waals surface area contributed by atoms with Crippen LogP contribution in [0, 0.1) is 0 Å². The van der Waals surface area contributed by atoms with Crippen molar-refractivity contribution in [3.05, 3.63) is 59.1 Å². The predicted octanol–water partition coefficient (Wildman–Crippen LogP) is 4.23. The molecule has 0 saturated heterocycles. The van der Waals surface area contributed by atoms with Crippen LogP contribution in [0.3, 0.4) is 0 Å². The van der Waals surface area contributed by atoms with Gasteiger partial charge in [-0.1, -0.05) is 36.7 Å². The standard InChI is InChI=1S/C26H36ClN3O5S/c1-7-23(25(32)28-26(3,4)5)29(17-19-11-9-10-12-22(19)27)24(31)18-30(36(6,33)34)20-13-15-21(16-14-20)35-8-2/h9-16,23H,7-8,17-18H2,1-6H3,(H,28,32)/t23-/m1/s1. The highest BCUT2D eigenvalue weighted by Crippen LogP contribution is 2.24. The molecule has 8 nitrogen and oxygen atoms in total. The van der Waals surface area contributed by atoms with E-state index in [1.54, 1.807) is 55.5 Å². The Bertz CT molecular complexity index is 1150. The van der Waals surface area contributed by atoms with Crippen molar-refractivity contribution < 1.29 is 22.7 Å². The molecule has 0 bridgehead atoms. The highest BCUT2D eigenvalue weighted by Gasteiger charge is 2.33. The number of carbonyl (C=O) groups is 2. The van der Waals surface area contributed by atoms with Gasteiger partial charge in [0.2, 0.25) is 21.8 Å². The molecule has 1 atom stereocenters. The fourth-order valence-corrected chi connectivity index (χ4v) is 4.72. The molecule has 1 N–H and O–H groups in total. The van der Waals surface area contributed by atoms with E-state index in [-0.39, 0.29) is 12.5 Å².